The Morgan fingerprint density at radius 1 is 1.14 bits per heavy atom. The number of carbonyl (C=O) groups is 1. The number of carbonyl (C=O) groups excluding carboxylic acids is 1. The molecule has 28 heavy (non-hydrogen) atoms. The molecule has 146 valence electrons. The van der Waals surface area contributed by atoms with Gasteiger partial charge in [0.2, 0.25) is 5.91 Å². The fourth-order valence-electron chi connectivity index (χ4n) is 2.77. The van der Waals surface area contributed by atoms with Crippen LogP contribution in [-0.4, -0.2) is 37.3 Å². The lowest BCUT2D eigenvalue weighted by Crippen LogP contribution is -2.37. The number of morpholine rings is 1. The summed E-state index contributed by atoms with van der Waals surface area (Å²) in [5.41, 5.74) is 2.54. The number of nitrogens with zero attached hydrogens (tertiary/aromatic N) is 1. The highest BCUT2D eigenvalue weighted by Crippen LogP contribution is 2.26. The molecule has 1 aliphatic heterocycles. The molecule has 0 saturated carbocycles. The Kier molecular flexibility index (Phi) is 7.28. The van der Waals surface area contributed by atoms with E-state index in [1.807, 2.05) is 24.3 Å². The van der Waals surface area contributed by atoms with E-state index in [0.717, 1.165) is 24.5 Å². The van der Waals surface area contributed by atoms with Crippen LogP contribution in [0.5, 0.6) is 0 Å². The van der Waals surface area contributed by atoms with E-state index in [4.69, 9.17) is 40.2 Å². The van der Waals surface area contributed by atoms with E-state index in [2.05, 4.69) is 15.5 Å². The van der Waals surface area contributed by atoms with Gasteiger partial charge in [-0.3, -0.25) is 10.1 Å². The normalized spacial score (nSPS) is 14.1. The van der Waals surface area contributed by atoms with Crippen LogP contribution in [0.15, 0.2) is 48.5 Å². The van der Waals surface area contributed by atoms with Gasteiger partial charge in [0.15, 0.2) is 5.11 Å². The number of thiocarbonyl (C=S) groups is 1. The summed E-state index contributed by atoms with van der Waals surface area (Å²) in [5, 5.41) is 6.96. The highest BCUT2D eigenvalue weighted by Gasteiger charge is 2.15. The number of para-hydroxylation sites is 2. The second-order valence-corrected chi connectivity index (χ2v) is 7.31. The molecule has 2 N–H and O–H groups in total. The molecule has 0 atom stereocenters. The van der Waals surface area contributed by atoms with Gasteiger partial charge in [0.05, 0.1) is 24.6 Å². The van der Waals surface area contributed by atoms with Gasteiger partial charge in [-0.2, -0.15) is 0 Å². The Morgan fingerprint density at radius 2 is 1.89 bits per heavy atom. The van der Waals surface area contributed by atoms with Gasteiger partial charge in [-0.1, -0.05) is 41.4 Å². The number of hydrogen-bond acceptors (Lipinski definition) is 4. The molecule has 1 amide bonds. The lowest BCUT2D eigenvalue weighted by Gasteiger charge is -2.30. The van der Waals surface area contributed by atoms with Gasteiger partial charge in [0.25, 0.3) is 0 Å². The largest absolute Gasteiger partial charge is 0.378 e. The second kappa shape index (κ2) is 9.89. The molecule has 0 spiro atoms. The highest BCUT2D eigenvalue weighted by molar-refractivity contribution is 7.80. The number of hydrogen-bond donors (Lipinski definition) is 2. The molecule has 0 aliphatic carbocycles. The third-order valence-electron chi connectivity index (χ3n) is 4.12. The van der Waals surface area contributed by atoms with E-state index < -0.39 is 0 Å². The molecular formula is C20H19Cl2N3O2S. The molecule has 0 aromatic heterocycles. The molecule has 1 saturated heterocycles. The number of nitrogens with one attached hydrogen (secondary N) is 2. The quantitative estimate of drug-likeness (QED) is 0.551. The maximum absolute atomic E-state index is 12.2. The molecule has 0 radical (unpaired) electrons. The number of amides is 1. The monoisotopic (exact) mass is 435 g/mol. The molecule has 3 rings (SSSR count). The van der Waals surface area contributed by atoms with E-state index in [-0.39, 0.29) is 11.0 Å². The minimum absolute atomic E-state index is 0.220. The summed E-state index contributed by atoms with van der Waals surface area (Å²) in [6.07, 6.45) is 2.98. The van der Waals surface area contributed by atoms with E-state index in [9.17, 15) is 4.79 Å². The summed E-state index contributed by atoms with van der Waals surface area (Å²) in [6, 6.07) is 12.9. The van der Waals surface area contributed by atoms with Crippen LogP contribution in [0.25, 0.3) is 6.08 Å². The van der Waals surface area contributed by atoms with E-state index >= 15 is 0 Å². The molecule has 2 aromatic rings. The van der Waals surface area contributed by atoms with Crippen molar-refractivity contribution in [2.75, 3.05) is 36.5 Å². The maximum atomic E-state index is 12.2. The summed E-state index contributed by atoms with van der Waals surface area (Å²) in [4.78, 5) is 14.4. The average molecular weight is 436 g/mol. The van der Waals surface area contributed by atoms with Crippen LogP contribution < -0.4 is 15.5 Å². The Balaban J connectivity index is 1.61. The van der Waals surface area contributed by atoms with Crippen molar-refractivity contribution in [1.82, 2.24) is 5.32 Å². The van der Waals surface area contributed by atoms with Crippen LogP contribution in [-0.2, 0) is 9.53 Å². The molecule has 1 heterocycles. The first-order chi connectivity index (χ1) is 13.5. The zero-order valence-corrected chi connectivity index (χ0v) is 17.3. The van der Waals surface area contributed by atoms with Gasteiger partial charge in [0, 0.05) is 29.2 Å². The number of ether oxygens (including phenoxy) is 1. The minimum Gasteiger partial charge on any atom is -0.378 e. The first-order valence-corrected chi connectivity index (χ1v) is 9.86. The minimum atomic E-state index is -0.354. The Morgan fingerprint density at radius 3 is 2.64 bits per heavy atom. The average Bonchev–Trinajstić information content (AvgIpc) is 2.68. The highest BCUT2D eigenvalue weighted by atomic mass is 35.5. The smallest absolute Gasteiger partial charge is 0.250 e. The van der Waals surface area contributed by atoms with Gasteiger partial charge in [0.1, 0.15) is 0 Å². The summed E-state index contributed by atoms with van der Waals surface area (Å²) >= 11 is 17.3. The summed E-state index contributed by atoms with van der Waals surface area (Å²) in [7, 11) is 0. The molecular weight excluding hydrogens is 417 g/mol. The topological polar surface area (TPSA) is 53.6 Å². The van der Waals surface area contributed by atoms with Crippen molar-refractivity contribution < 1.29 is 9.53 Å². The molecule has 5 nitrogen and oxygen atoms in total. The predicted octanol–water partition coefficient (Wildman–Crippen LogP) is 4.36. The molecule has 1 aliphatic rings. The fraction of sp³-hybridized carbons (Fsp3) is 0.200. The van der Waals surface area contributed by atoms with Crippen LogP contribution in [0.3, 0.4) is 0 Å². The van der Waals surface area contributed by atoms with Gasteiger partial charge in [-0.05, 0) is 48.1 Å². The zero-order valence-electron chi connectivity index (χ0n) is 15.0. The number of anilines is 2. The van der Waals surface area contributed by atoms with Gasteiger partial charge < -0.3 is 15.0 Å². The Labute approximate surface area is 179 Å². The number of benzene rings is 2. The second-order valence-electron chi connectivity index (χ2n) is 6.06. The van der Waals surface area contributed by atoms with Crippen LogP contribution in [0, 0.1) is 0 Å². The SMILES string of the molecule is O=C(/C=C/c1ccc(Cl)cc1Cl)NC(=S)Nc1ccccc1N1CCOCC1. The first-order valence-electron chi connectivity index (χ1n) is 8.70. The Bertz CT molecular complexity index is 899. The summed E-state index contributed by atoms with van der Waals surface area (Å²) < 4.78 is 5.40. The van der Waals surface area contributed by atoms with Gasteiger partial charge in [-0.15, -0.1) is 0 Å². The predicted molar refractivity (Wildman–Crippen MR) is 119 cm³/mol. The maximum Gasteiger partial charge on any atom is 0.250 e. The first kappa shape index (κ1) is 20.6. The lowest BCUT2D eigenvalue weighted by atomic mass is 10.2. The molecule has 0 bridgehead atoms. The van der Waals surface area contributed by atoms with Crippen molar-refractivity contribution in [2.24, 2.45) is 0 Å². The van der Waals surface area contributed by atoms with Crippen molar-refractivity contribution in [2.45, 2.75) is 0 Å². The van der Waals surface area contributed by atoms with Crippen LogP contribution in [0.2, 0.25) is 10.0 Å². The standard InChI is InChI=1S/C20H19Cl2N3O2S/c21-15-7-5-14(16(22)13-15)6-8-19(26)24-20(28)23-17-3-1-2-4-18(17)25-9-11-27-12-10-25/h1-8,13H,9-12H2,(H2,23,24,26,28)/b8-6+. The summed E-state index contributed by atoms with van der Waals surface area (Å²) in [6.45, 7) is 2.99. The van der Waals surface area contributed by atoms with Crippen LogP contribution in [0.1, 0.15) is 5.56 Å². The van der Waals surface area contributed by atoms with Crippen LogP contribution in [0.4, 0.5) is 11.4 Å². The van der Waals surface area contributed by atoms with E-state index in [1.54, 1.807) is 24.3 Å². The van der Waals surface area contributed by atoms with Gasteiger partial charge in [-0.25, -0.2) is 0 Å². The van der Waals surface area contributed by atoms with Crippen molar-refractivity contribution in [3.05, 3.63) is 64.1 Å². The number of halogens is 2. The molecule has 2 aromatic carbocycles. The summed E-state index contributed by atoms with van der Waals surface area (Å²) in [5.74, 6) is -0.354. The van der Waals surface area contributed by atoms with Crippen LogP contribution >= 0.6 is 35.4 Å². The number of rotatable bonds is 4. The zero-order chi connectivity index (χ0) is 19.9. The Hall–Kier alpha value is -2.12. The third-order valence-corrected chi connectivity index (χ3v) is 4.88. The van der Waals surface area contributed by atoms with Crippen molar-refractivity contribution >= 4 is 63.9 Å². The van der Waals surface area contributed by atoms with Crippen molar-refractivity contribution in [1.29, 1.82) is 0 Å². The van der Waals surface area contributed by atoms with Crippen molar-refractivity contribution in [3.63, 3.8) is 0 Å². The van der Waals surface area contributed by atoms with E-state index in [0.29, 0.717) is 28.8 Å². The molecule has 1 fully saturated rings. The molecule has 0 unspecified atom stereocenters. The van der Waals surface area contributed by atoms with Gasteiger partial charge >= 0.3 is 0 Å². The van der Waals surface area contributed by atoms with Crippen molar-refractivity contribution in [3.8, 4) is 0 Å². The third kappa shape index (κ3) is 5.69. The fourth-order valence-corrected chi connectivity index (χ4v) is 3.45. The lowest BCUT2D eigenvalue weighted by molar-refractivity contribution is -0.115. The molecule has 8 heteroatoms. The van der Waals surface area contributed by atoms with E-state index in [1.165, 1.54) is 6.08 Å².